The van der Waals surface area contributed by atoms with Gasteiger partial charge < -0.3 is 10.2 Å². The lowest BCUT2D eigenvalue weighted by Gasteiger charge is -2.29. The van der Waals surface area contributed by atoms with Crippen LogP contribution >= 0.6 is 0 Å². The number of aryl methyl sites for hydroxylation is 3. The van der Waals surface area contributed by atoms with Crippen molar-refractivity contribution in [2.45, 2.75) is 52.5 Å². The van der Waals surface area contributed by atoms with Gasteiger partial charge in [0.05, 0.1) is 0 Å². The van der Waals surface area contributed by atoms with E-state index in [1.165, 1.54) is 22.3 Å². The van der Waals surface area contributed by atoms with Crippen LogP contribution < -0.4 is 5.32 Å². The van der Waals surface area contributed by atoms with Crippen LogP contribution in [0.4, 0.5) is 0 Å². The Balaban J connectivity index is 1.72. The molecule has 1 fully saturated rings. The van der Waals surface area contributed by atoms with E-state index in [2.05, 4.69) is 50.4 Å². The maximum Gasteiger partial charge on any atom is 0.223 e. The summed E-state index contributed by atoms with van der Waals surface area (Å²) in [4.78, 5) is 27.1. The molecule has 0 bridgehead atoms. The molecule has 0 spiro atoms. The van der Waals surface area contributed by atoms with Gasteiger partial charge in [0, 0.05) is 32.0 Å². The highest BCUT2D eigenvalue weighted by atomic mass is 16.2. The lowest BCUT2D eigenvalue weighted by molar-refractivity contribution is -0.133. The number of carbonyl (C=O) groups excluding carboxylic acids is 2. The summed E-state index contributed by atoms with van der Waals surface area (Å²) in [6.45, 7) is 7.44. The molecule has 1 saturated heterocycles. The molecule has 4 nitrogen and oxygen atoms in total. The largest absolute Gasteiger partial charge is 0.354 e. The third-order valence-corrected chi connectivity index (χ3v) is 5.60. The number of benzene rings is 2. The van der Waals surface area contributed by atoms with Crippen LogP contribution in [-0.4, -0.2) is 35.8 Å². The van der Waals surface area contributed by atoms with Gasteiger partial charge in [-0.3, -0.25) is 9.59 Å². The van der Waals surface area contributed by atoms with Crippen LogP contribution in [0.25, 0.3) is 0 Å². The third kappa shape index (κ3) is 5.00. The molecule has 28 heavy (non-hydrogen) atoms. The van der Waals surface area contributed by atoms with E-state index in [-0.39, 0.29) is 17.9 Å². The first kappa shape index (κ1) is 20.1. The Bertz CT molecular complexity index is 822. The fourth-order valence-electron chi connectivity index (χ4n) is 4.27. The predicted octanol–water partition coefficient (Wildman–Crippen LogP) is 3.50. The molecule has 2 aromatic carbocycles. The molecular formula is C24H30N2O2. The van der Waals surface area contributed by atoms with Gasteiger partial charge in [0.25, 0.3) is 0 Å². The van der Waals surface area contributed by atoms with Gasteiger partial charge in [-0.2, -0.15) is 0 Å². The zero-order chi connectivity index (χ0) is 20.1. The van der Waals surface area contributed by atoms with E-state index in [0.29, 0.717) is 32.4 Å². The molecule has 3 rings (SSSR count). The molecule has 0 aromatic heterocycles. The number of rotatable bonds is 5. The minimum Gasteiger partial charge on any atom is -0.354 e. The second-order valence-electron chi connectivity index (χ2n) is 7.86. The summed E-state index contributed by atoms with van der Waals surface area (Å²) in [5.41, 5.74) is 6.18. The van der Waals surface area contributed by atoms with Crippen molar-refractivity contribution in [3.05, 3.63) is 70.3 Å². The van der Waals surface area contributed by atoms with E-state index in [1.54, 1.807) is 0 Å². The Morgan fingerprint density at radius 2 is 1.79 bits per heavy atom. The van der Waals surface area contributed by atoms with Crippen molar-refractivity contribution in [2.75, 3.05) is 13.1 Å². The number of hydrogen-bond donors (Lipinski definition) is 1. The SMILES string of the molecule is Cc1cc(C)c(CCC(=O)N2CCNC(=O)CC2Cc2ccccc2)c(C)c1. The van der Waals surface area contributed by atoms with Gasteiger partial charge in [-0.25, -0.2) is 0 Å². The molecular weight excluding hydrogens is 348 g/mol. The molecule has 0 aliphatic carbocycles. The first-order valence-electron chi connectivity index (χ1n) is 10.1. The molecule has 1 heterocycles. The van der Waals surface area contributed by atoms with Crippen LogP contribution in [0, 0.1) is 20.8 Å². The number of amides is 2. The number of hydrogen-bond acceptors (Lipinski definition) is 2. The van der Waals surface area contributed by atoms with Crippen LogP contribution in [0.5, 0.6) is 0 Å². The van der Waals surface area contributed by atoms with Gasteiger partial charge in [-0.15, -0.1) is 0 Å². The highest BCUT2D eigenvalue weighted by Crippen LogP contribution is 2.20. The van der Waals surface area contributed by atoms with Crippen molar-refractivity contribution in [3.63, 3.8) is 0 Å². The van der Waals surface area contributed by atoms with E-state index in [4.69, 9.17) is 0 Å². The van der Waals surface area contributed by atoms with Gasteiger partial charge in [-0.1, -0.05) is 48.0 Å². The summed E-state index contributed by atoms with van der Waals surface area (Å²) in [7, 11) is 0. The van der Waals surface area contributed by atoms with Crippen LogP contribution in [0.2, 0.25) is 0 Å². The van der Waals surface area contributed by atoms with Gasteiger partial charge >= 0.3 is 0 Å². The van der Waals surface area contributed by atoms with Crippen molar-refractivity contribution in [1.29, 1.82) is 0 Å². The van der Waals surface area contributed by atoms with Gasteiger partial charge in [0.1, 0.15) is 0 Å². The molecule has 1 aliphatic heterocycles. The van der Waals surface area contributed by atoms with Crippen molar-refractivity contribution in [2.24, 2.45) is 0 Å². The average molecular weight is 379 g/mol. The average Bonchev–Trinajstić information content (AvgIpc) is 2.82. The van der Waals surface area contributed by atoms with Gasteiger partial charge in [-0.05, 0) is 55.9 Å². The maximum absolute atomic E-state index is 13.1. The molecule has 0 saturated carbocycles. The van der Waals surface area contributed by atoms with Crippen LogP contribution in [0.1, 0.15) is 40.7 Å². The topological polar surface area (TPSA) is 49.4 Å². The molecule has 1 N–H and O–H groups in total. The first-order valence-corrected chi connectivity index (χ1v) is 10.1. The quantitative estimate of drug-likeness (QED) is 0.866. The lowest BCUT2D eigenvalue weighted by atomic mass is 9.95. The Morgan fingerprint density at radius 1 is 1.11 bits per heavy atom. The first-order chi connectivity index (χ1) is 13.4. The highest BCUT2D eigenvalue weighted by molar-refractivity contribution is 5.81. The van der Waals surface area contributed by atoms with Crippen LogP contribution in [0.15, 0.2) is 42.5 Å². The number of nitrogens with zero attached hydrogens (tertiary/aromatic N) is 1. The van der Waals surface area contributed by atoms with E-state index in [0.717, 1.165) is 12.0 Å². The monoisotopic (exact) mass is 378 g/mol. The normalized spacial score (nSPS) is 17.2. The number of nitrogens with one attached hydrogen (secondary N) is 1. The van der Waals surface area contributed by atoms with Crippen molar-refractivity contribution >= 4 is 11.8 Å². The van der Waals surface area contributed by atoms with E-state index < -0.39 is 0 Å². The smallest absolute Gasteiger partial charge is 0.223 e. The zero-order valence-electron chi connectivity index (χ0n) is 17.1. The lowest BCUT2D eigenvalue weighted by Crippen LogP contribution is -2.42. The van der Waals surface area contributed by atoms with Gasteiger partial charge in [0.2, 0.25) is 11.8 Å². The third-order valence-electron chi connectivity index (χ3n) is 5.60. The highest BCUT2D eigenvalue weighted by Gasteiger charge is 2.28. The summed E-state index contributed by atoms with van der Waals surface area (Å²) in [5, 5.41) is 2.91. The van der Waals surface area contributed by atoms with E-state index >= 15 is 0 Å². The molecule has 1 aliphatic rings. The fourth-order valence-corrected chi connectivity index (χ4v) is 4.27. The fraction of sp³-hybridized carbons (Fsp3) is 0.417. The maximum atomic E-state index is 13.1. The minimum atomic E-state index is -0.0855. The Morgan fingerprint density at radius 3 is 2.46 bits per heavy atom. The standard InChI is InChI=1S/C24H30N2O2/c1-17-13-18(2)22(19(3)14-17)9-10-24(28)26-12-11-25-23(27)16-21(26)15-20-7-5-4-6-8-20/h4-8,13-14,21H,9-12,15-16H2,1-3H3,(H,25,27). The molecule has 0 radical (unpaired) electrons. The molecule has 1 unspecified atom stereocenters. The zero-order valence-corrected chi connectivity index (χ0v) is 17.1. The molecule has 1 atom stereocenters. The summed E-state index contributed by atoms with van der Waals surface area (Å²) >= 11 is 0. The van der Waals surface area contributed by atoms with Crippen molar-refractivity contribution < 1.29 is 9.59 Å². The van der Waals surface area contributed by atoms with E-state index in [1.807, 2.05) is 23.1 Å². The van der Waals surface area contributed by atoms with Crippen molar-refractivity contribution in [3.8, 4) is 0 Å². The Kier molecular flexibility index (Phi) is 6.50. The molecule has 4 heteroatoms. The Labute approximate surface area is 167 Å². The van der Waals surface area contributed by atoms with Crippen LogP contribution in [0.3, 0.4) is 0 Å². The van der Waals surface area contributed by atoms with Crippen LogP contribution in [-0.2, 0) is 22.4 Å². The van der Waals surface area contributed by atoms with Crippen molar-refractivity contribution in [1.82, 2.24) is 10.2 Å². The molecule has 148 valence electrons. The summed E-state index contributed by atoms with van der Waals surface area (Å²) < 4.78 is 0. The Hall–Kier alpha value is -2.62. The molecule has 2 amide bonds. The number of carbonyl (C=O) groups is 2. The predicted molar refractivity (Wildman–Crippen MR) is 112 cm³/mol. The second-order valence-corrected chi connectivity index (χ2v) is 7.86. The van der Waals surface area contributed by atoms with Gasteiger partial charge in [0.15, 0.2) is 0 Å². The summed E-state index contributed by atoms with van der Waals surface area (Å²) in [5.74, 6) is 0.165. The summed E-state index contributed by atoms with van der Waals surface area (Å²) in [6.07, 6.45) is 2.29. The summed E-state index contributed by atoms with van der Waals surface area (Å²) in [6, 6.07) is 14.4. The second kappa shape index (κ2) is 9.05. The minimum absolute atomic E-state index is 0.0291. The van der Waals surface area contributed by atoms with E-state index in [9.17, 15) is 9.59 Å². The molecule has 2 aromatic rings.